The van der Waals surface area contributed by atoms with Crippen molar-refractivity contribution in [3.8, 4) is 0 Å². The van der Waals surface area contributed by atoms with Crippen molar-refractivity contribution in [2.45, 2.75) is 26.3 Å². The Kier molecular flexibility index (Phi) is 4.46. The van der Waals surface area contributed by atoms with Crippen molar-refractivity contribution < 1.29 is 10.0 Å². The Morgan fingerprint density at radius 1 is 1.44 bits per heavy atom. The average Bonchev–Trinajstić information content (AvgIpc) is 2.16. The molecule has 0 bridgehead atoms. The molecule has 1 rings (SSSR count). The molecule has 0 aliphatic carbocycles. The van der Waals surface area contributed by atoms with Crippen LogP contribution in [0.25, 0.3) is 0 Å². The molecule has 0 atom stereocenters. The molecule has 0 spiro atoms. The third-order valence-electron chi connectivity index (χ3n) is 2.21. The fourth-order valence-electron chi connectivity index (χ4n) is 1.13. The van der Waals surface area contributed by atoms with E-state index in [0.29, 0.717) is 5.56 Å². The van der Waals surface area contributed by atoms with E-state index in [1.54, 1.807) is 6.07 Å². The van der Waals surface area contributed by atoms with Gasteiger partial charge in [0.05, 0.1) is 6.54 Å². The van der Waals surface area contributed by atoms with Gasteiger partial charge in [-0.05, 0) is 55.5 Å². The maximum Gasteiger partial charge on any atom is 0.179 e. The first-order chi connectivity index (χ1) is 7.30. The zero-order valence-electron chi connectivity index (χ0n) is 9.70. The number of carbonyl (C=O) groups excluding carboxylic acids is 1. The van der Waals surface area contributed by atoms with Crippen molar-refractivity contribution in [3.63, 3.8) is 0 Å². The molecule has 0 aromatic heterocycles. The summed E-state index contributed by atoms with van der Waals surface area (Å²) in [5.41, 5.74) is 0.215. The van der Waals surface area contributed by atoms with Crippen LogP contribution >= 0.6 is 22.6 Å². The Labute approximate surface area is 110 Å². The van der Waals surface area contributed by atoms with Gasteiger partial charge >= 0.3 is 0 Å². The van der Waals surface area contributed by atoms with Gasteiger partial charge < -0.3 is 5.21 Å². The monoisotopic (exact) mass is 333 g/mol. The number of nitrogens with zero attached hydrogens (tertiary/aromatic N) is 1. The van der Waals surface area contributed by atoms with Crippen molar-refractivity contribution >= 4 is 28.4 Å². The van der Waals surface area contributed by atoms with E-state index < -0.39 is 5.54 Å². The number of carbonyl (C=O) groups is 1. The van der Waals surface area contributed by atoms with Gasteiger partial charge in [0.25, 0.3) is 0 Å². The Balaban J connectivity index is 2.74. The van der Waals surface area contributed by atoms with E-state index in [4.69, 9.17) is 0 Å². The highest BCUT2D eigenvalue weighted by Crippen LogP contribution is 2.13. The fraction of sp³-hybridized carbons (Fsp3) is 0.417. The van der Waals surface area contributed by atoms with E-state index in [1.807, 2.05) is 39.0 Å². The van der Waals surface area contributed by atoms with Gasteiger partial charge in [-0.1, -0.05) is 12.1 Å². The minimum absolute atomic E-state index is 0.0175. The Bertz CT molecular complexity index is 385. The first-order valence-electron chi connectivity index (χ1n) is 5.06. The highest BCUT2D eigenvalue weighted by molar-refractivity contribution is 14.1. The summed E-state index contributed by atoms with van der Waals surface area (Å²) in [6, 6.07) is 7.35. The van der Waals surface area contributed by atoms with Crippen LogP contribution in [0.3, 0.4) is 0 Å². The number of hydrogen-bond donors (Lipinski definition) is 1. The summed E-state index contributed by atoms with van der Waals surface area (Å²) in [7, 11) is 0. The van der Waals surface area contributed by atoms with E-state index in [9.17, 15) is 10.0 Å². The molecular weight excluding hydrogens is 317 g/mol. The minimum Gasteiger partial charge on any atom is -0.313 e. The molecule has 1 N–H and O–H groups in total. The lowest BCUT2D eigenvalue weighted by Gasteiger charge is -2.28. The van der Waals surface area contributed by atoms with Gasteiger partial charge in [0, 0.05) is 14.7 Å². The van der Waals surface area contributed by atoms with Crippen LogP contribution in [0, 0.1) is 3.57 Å². The molecule has 0 unspecified atom stereocenters. The molecule has 0 fully saturated rings. The van der Waals surface area contributed by atoms with Gasteiger partial charge in [0.15, 0.2) is 5.78 Å². The van der Waals surface area contributed by atoms with Crippen molar-refractivity contribution in [1.29, 1.82) is 0 Å². The predicted octanol–water partition coefficient (Wildman–Crippen LogP) is 2.96. The van der Waals surface area contributed by atoms with Crippen molar-refractivity contribution in [2.24, 2.45) is 0 Å². The smallest absolute Gasteiger partial charge is 0.179 e. The van der Waals surface area contributed by atoms with Gasteiger partial charge in [-0.2, -0.15) is 5.06 Å². The quantitative estimate of drug-likeness (QED) is 0.525. The zero-order valence-corrected chi connectivity index (χ0v) is 11.9. The molecule has 0 amide bonds. The molecular formula is C12H16INO2. The molecule has 0 saturated carbocycles. The van der Waals surface area contributed by atoms with Crippen LogP contribution in [0.2, 0.25) is 0 Å². The van der Waals surface area contributed by atoms with Crippen LogP contribution in [0.1, 0.15) is 31.1 Å². The maximum absolute atomic E-state index is 11.8. The number of Topliss-reactive ketones (excluding diaryl/α,β-unsaturated/α-hetero) is 1. The van der Waals surface area contributed by atoms with E-state index >= 15 is 0 Å². The number of benzene rings is 1. The molecule has 1 aromatic carbocycles. The van der Waals surface area contributed by atoms with Gasteiger partial charge in [0.2, 0.25) is 0 Å². The molecule has 88 valence electrons. The SMILES string of the molecule is CC(C)(C)N(O)CC(=O)c1cccc(I)c1. The van der Waals surface area contributed by atoms with Gasteiger partial charge in [0.1, 0.15) is 0 Å². The van der Waals surface area contributed by atoms with Gasteiger partial charge in [-0.3, -0.25) is 4.79 Å². The number of ketones is 1. The summed E-state index contributed by atoms with van der Waals surface area (Å²) >= 11 is 2.16. The van der Waals surface area contributed by atoms with Crippen molar-refractivity contribution in [3.05, 3.63) is 33.4 Å². The molecule has 0 radical (unpaired) electrons. The van der Waals surface area contributed by atoms with E-state index in [2.05, 4.69) is 22.6 Å². The predicted molar refractivity (Wildman–Crippen MR) is 71.7 cm³/mol. The van der Waals surface area contributed by atoms with Gasteiger partial charge in [-0.15, -0.1) is 0 Å². The molecule has 4 heteroatoms. The third kappa shape index (κ3) is 3.84. The molecule has 0 saturated heterocycles. The summed E-state index contributed by atoms with van der Waals surface area (Å²) in [6.07, 6.45) is 0. The van der Waals surface area contributed by atoms with E-state index in [1.165, 1.54) is 0 Å². The summed E-state index contributed by atoms with van der Waals surface area (Å²) in [5.74, 6) is -0.0732. The minimum atomic E-state index is -0.419. The summed E-state index contributed by atoms with van der Waals surface area (Å²) in [5, 5.41) is 10.8. The second kappa shape index (κ2) is 5.25. The number of hydroxylamine groups is 2. The summed E-state index contributed by atoms with van der Waals surface area (Å²) in [4.78, 5) is 11.8. The highest BCUT2D eigenvalue weighted by atomic mass is 127. The standard InChI is InChI=1S/C12H16INO2/c1-12(2,3)14(16)8-11(15)9-5-4-6-10(13)7-9/h4-7,16H,8H2,1-3H3. The largest absolute Gasteiger partial charge is 0.313 e. The molecule has 0 aliphatic rings. The summed E-state index contributed by atoms with van der Waals surface area (Å²) < 4.78 is 1.02. The van der Waals surface area contributed by atoms with E-state index in [-0.39, 0.29) is 12.3 Å². The lowest BCUT2D eigenvalue weighted by Crippen LogP contribution is -2.41. The highest BCUT2D eigenvalue weighted by Gasteiger charge is 2.22. The summed E-state index contributed by atoms with van der Waals surface area (Å²) in [6.45, 7) is 5.59. The fourth-order valence-corrected chi connectivity index (χ4v) is 1.67. The Morgan fingerprint density at radius 2 is 2.06 bits per heavy atom. The average molecular weight is 333 g/mol. The first kappa shape index (κ1) is 13.6. The number of halogens is 1. The second-order valence-electron chi connectivity index (χ2n) is 4.66. The third-order valence-corrected chi connectivity index (χ3v) is 2.89. The first-order valence-corrected chi connectivity index (χ1v) is 6.14. The normalized spacial score (nSPS) is 11.9. The number of rotatable bonds is 3. The van der Waals surface area contributed by atoms with Crippen LogP contribution in [0.15, 0.2) is 24.3 Å². The van der Waals surface area contributed by atoms with Gasteiger partial charge in [-0.25, -0.2) is 0 Å². The molecule has 0 aliphatic heterocycles. The molecule has 16 heavy (non-hydrogen) atoms. The van der Waals surface area contributed by atoms with Crippen LogP contribution < -0.4 is 0 Å². The lowest BCUT2D eigenvalue weighted by molar-refractivity contribution is -0.146. The van der Waals surface area contributed by atoms with Crippen molar-refractivity contribution in [1.82, 2.24) is 5.06 Å². The van der Waals surface area contributed by atoms with Crippen LogP contribution in [-0.4, -0.2) is 28.1 Å². The topological polar surface area (TPSA) is 40.5 Å². The molecule has 3 nitrogen and oxygen atoms in total. The number of hydrogen-bond acceptors (Lipinski definition) is 3. The van der Waals surface area contributed by atoms with Crippen LogP contribution in [0.5, 0.6) is 0 Å². The maximum atomic E-state index is 11.8. The Morgan fingerprint density at radius 3 is 2.56 bits per heavy atom. The van der Waals surface area contributed by atoms with Crippen LogP contribution in [0.4, 0.5) is 0 Å². The van der Waals surface area contributed by atoms with Crippen LogP contribution in [-0.2, 0) is 0 Å². The second-order valence-corrected chi connectivity index (χ2v) is 5.91. The molecule has 0 heterocycles. The lowest BCUT2D eigenvalue weighted by atomic mass is 10.1. The van der Waals surface area contributed by atoms with E-state index in [0.717, 1.165) is 8.63 Å². The van der Waals surface area contributed by atoms with Crippen molar-refractivity contribution in [2.75, 3.05) is 6.54 Å². The zero-order chi connectivity index (χ0) is 12.3. The molecule has 1 aromatic rings. The Hall–Kier alpha value is -0.460.